The van der Waals surface area contributed by atoms with Crippen LogP contribution in [0.1, 0.15) is 35.6 Å². The Morgan fingerprint density at radius 1 is 0.952 bits per heavy atom. The number of para-hydroxylation sites is 1. The third-order valence-electron chi connectivity index (χ3n) is 5.09. The smallest absolute Gasteiger partial charge is 0.0546 e. The standard InChI is InChI=1S/C19H22N2/c1-20-16-10-11-19-17-8-4-2-6-14(17)12-15-7-3-5-9-18(15)21(19)13-16/h2-9,16,19-20H,10-13H2,1H3. The van der Waals surface area contributed by atoms with Crippen molar-refractivity contribution in [3.05, 3.63) is 65.2 Å². The number of hydrogen-bond acceptors (Lipinski definition) is 2. The van der Waals surface area contributed by atoms with Gasteiger partial charge in [-0.2, -0.15) is 0 Å². The van der Waals surface area contributed by atoms with Gasteiger partial charge in [0.25, 0.3) is 0 Å². The van der Waals surface area contributed by atoms with Crippen LogP contribution >= 0.6 is 0 Å². The van der Waals surface area contributed by atoms with Crippen LogP contribution in [0.25, 0.3) is 0 Å². The minimum atomic E-state index is 0.537. The number of likely N-dealkylation sites (N-methyl/N-ethyl adjacent to an activating group) is 1. The van der Waals surface area contributed by atoms with Gasteiger partial charge in [-0.25, -0.2) is 0 Å². The molecule has 2 heterocycles. The molecule has 0 saturated carbocycles. The Balaban J connectivity index is 1.86. The molecule has 0 aromatic heterocycles. The van der Waals surface area contributed by atoms with E-state index in [0.717, 1.165) is 13.0 Å². The summed E-state index contributed by atoms with van der Waals surface area (Å²) in [5, 5.41) is 3.47. The summed E-state index contributed by atoms with van der Waals surface area (Å²) >= 11 is 0. The molecule has 0 radical (unpaired) electrons. The topological polar surface area (TPSA) is 15.3 Å². The second-order valence-electron chi connectivity index (χ2n) is 6.24. The van der Waals surface area contributed by atoms with Crippen LogP contribution in [0.5, 0.6) is 0 Å². The fourth-order valence-electron chi connectivity index (χ4n) is 3.96. The van der Waals surface area contributed by atoms with Gasteiger partial charge >= 0.3 is 0 Å². The van der Waals surface area contributed by atoms with Gasteiger partial charge in [0.1, 0.15) is 0 Å². The molecule has 2 atom stereocenters. The van der Waals surface area contributed by atoms with E-state index in [1.807, 2.05) is 0 Å². The van der Waals surface area contributed by atoms with Gasteiger partial charge < -0.3 is 10.2 Å². The van der Waals surface area contributed by atoms with Crippen molar-refractivity contribution in [3.63, 3.8) is 0 Å². The van der Waals surface area contributed by atoms with Gasteiger partial charge in [-0.3, -0.25) is 0 Å². The molecule has 21 heavy (non-hydrogen) atoms. The Labute approximate surface area is 126 Å². The van der Waals surface area contributed by atoms with Crippen LogP contribution in [0, 0.1) is 0 Å². The van der Waals surface area contributed by atoms with Crippen LogP contribution in [0.4, 0.5) is 5.69 Å². The van der Waals surface area contributed by atoms with Gasteiger partial charge in [0.15, 0.2) is 0 Å². The summed E-state index contributed by atoms with van der Waals surface area (Å²) in [6.07, 6.45) is 3.55. The van der Waals surface area contributed by atoms with Crippen LogP contribution in [0.15, 0.2) is 48.5 Å². The number of nitrogens with zero attached hydrogens (tertiary/aromatic N) is 1. The summed E-state index contributed by atoms with van der Waals surface area (Å²) < 4.78 is 0. The van der Waals surface area contributed by atoms with E-state index in [4.69, 9.17) is 0 Å². The van der Waals surface area contributed by atoms with Crippen LogP contribution in [0.3, 0.4) is 0 Å². The number of benzene rings is 2. The summed E-state index contributed by atoms with van der Waals surface area (Å²) in [6.45, 7) is 1.10. The second-order valence-corrected chi connectivity index (χ2v) is 6.24. The number of hydrogen-bond donors (Lipinski definition) is 1. The highest BCUT2D eigenvalue weighted by Crippen LogP contribution is 2.41. The highest BCUT2D eigenvalue weighted by atomic mass is 15.2. The molecular weight excluding hydrogens is 256 g/mol. The van der Waals surface area contributed by atoms with E-state index in [1.165, 1.54) is 35.2 Å². The maximum absolute atomic E-state index is 3.47. The minimum Gasteiger partial charge on any atom is -0.363 e. The van der Waals surface area contributed by atoms with Gasteiger partial charge in [-0.05, 0) is 49.1 Å². The Morgan fingerprint density at radius 2 is 1.71 bits per heavy atom. The highest BCUT2D eigenvalue weighted by molar-refractivity contribution is 5.60. The van der Waals surface area contributed by atoms with Crippen molar-refractivity contribution in [2.75, 3.05) is 18.5 Å². The van der Waals surface area contributed by atoms with Crippen LogP contribution in [-0.4, -0.2) is 19.6 Å². The van der Waals surface area contributed by atoms with E-state index in [2.05, 4.69) is 65.8 Å². The van der Waals surface area contributed by atoms with E-state index < -0.39 is 0 Å². The van der Waals surface area contributed by atoms with E-state index in [0.29, 0.717) is 12.1 Å². The molecule has 4 rings (SSSR count). The fourth-order valence-corrected chi connectivity index (χ4v) is 3.96. The van der Waals surface area contributed by atoms with Crippen molar-refractivity contribution in [3.8, 4) is 0 Å². The first-order chi connectivity index (χ1) is 10.4. The van der Waals surface area contributed by atoms with E-state index >= 15 is 0 Å². The van der Waals surface area contributed by atoms with Crippen molar-refractivity contribution in [2.45, 2.75) is 31.3 Å². The molecule has 2 heteroatoms. The van der Waals surface area contributed by atoms with Gasteiger partial charge in [0, 0.05) is 18.3 Å². The molecule has 2 aliphatic heterocycles. The summed E-state index contributed by atoms with van der Waals surface area (Å²) in [5.41, 5.74) is 5.92. The highest BCUT2D eigenvalue weighted by Gasteiger charge is 2.33. The SMILES string of the molecule is CNC1CCC2c3ccccc3Cc3ccccc3N2C1. The van der Waals surface area contributed by atoms with Gasteiger partial charge in [0.05, 0.1) is 6.04 Å². The Bertz CT molecular complexity index is 650. The monoisotopic (exact) mass is 278 g/mol. The zero-order valence-electron chi connectivity index (χ0n) is 12.5. The second kappa shape index (κ2) is 5.19. The lowest BCUT2D eigenvalue weighted by Crippen LogP contribution is -2.46. The lowest BCUT2D eigenvalue weighted by molar-refractivity contribution is 0.390. The molecule has 1 saturated heterocycles. The molecule has 2 nitrogen and oxygen atoms in total. The predicted molar refractivity (Wildman–Crippen MR) is 87.9 cm³/mol. The maximum atomic E-state index is 3.47. The molecule has 1 fully saturated rings. The first-order valence-electron chi connectivity index (χ1n) is 7.96. The first-order valence-corrected chi connectivity index (χ1v) is 7.96. The van der Waals surface area contributed by atoms with Crippen LogP contribution < -0.4 is 10.2 Å². The number of nitrogens with one attached hydrogen (secondary N) is 1. The normalized spacial score (nSPS) is 23.8. The Morgan fingerprint density at radius 3 is 2.57 bits per heavy atom. The molecule has 2 aromatic rings. The summed E-state index contributed by atoms with van der Waals surface area (Å²) in [6, 6.07) is 19.1. The lowest BCUT2D eigenvalue weighted by atomic mass is 9.90. The number of piperidine rings is 1. The molecule has 0 spiro atoms. The largest absolute Gasteiger partial charge is 0.363 e. The number of anilines is 1. The Kier molecular flexibility index (Phi) is 3.19. The van der Waals surface area contributed by atoms with E-state index in [-0.39, 0.29) is 0 Å². The molecule has 0 aliphatic carbocycles. The van der Waals surface area contributed by atoms with Crippen molar-refractivity contribution in [2.24, 2.45) is 0 Å². The van der Waals surface area contributed by atoms with E-state index in [9.17, 15) is 0 Å². The number of rotatable bonds is 1. The zero-order chi connectivity index (χ0) is 14.2. The van der Waals surface area contributed by atoms with E-state index in [1.54, 1.807) is 0 Å². The Hall–Kier alpha value is -1.80. The zero-order valence-corrected chi connectivity index (χ0v) is 12.5. The van der Waals surface area contributed by atoms with Crippen molar-refractivity contribution >= 4 is 5.69 Å². The third-order valence-corrected chi connectivity index (χ3v) is 5.09. The summed E-state index contributed by atoms with van der Waals surface area (Å²) in [4.78, 5) is 2.63. The predicted octanol–water partition coefficient (Wildman–Crippen LogP) is 3.52. The van der Waals surface area contributed by atoms with Crippen LogP contribution in [-0.2, 0) is 6.42 Å². The lowest BCUT2D eigenvalue weighted by Gasteiger charge is -2.41. The average molecular weight is 278 g/mol. The first kappa shape index (κ1) is 12.9. The quantitative estimate of drug-likeness (QED) is 0.858. The molecule has 2 aliphatic rings. The molecule has 2 unspecified atom stereocenters. The molecule has 2 aromatic carbocycles. The molecule has 1 N–H and O–H groups in total. The molecule has 108 valence electrons. The molecule has 0 bridgehead atoms. The maximum Gasteiger partial charge on any atom is 0.0546 e. The fraction of sp³-hybridized carbons (Fsp3) is 0.368. The summed E-state index contributed by atoms with van der Waals surface area (Å²) in [5.74, 6) is 0. The van der Waals surface area contributed by atoms with Crippen molar-refractivity contribution in [1.29, 1.82) is 0 Å². The third kappa shape index (κ3) is 2.14. The van der Waals surface area contributed by atoms with Crippen molar-refractivity contribution in [1.82, 2.24) is 5.32 Å². The summed E-state index contributed by atoms with van der Waals surface area (Å²) in [7, 11) is 2.09. The van der Waals surface area contributed by atoms with Gasteiger partial charge in [-0.15, -0.1) is 0 Å². The molecular formula is C19H22N2. The minimum absolute atomic E-state index is 0.537. The van der Waals surface area contributed by atoms with Crippen molar-refractivity contribution < 1.29 is 0 Å². The molecule has 0 amide bonds. The van der Waals surface area contributed by atoms with Gasteiger partial charge in [0.2, 0.25) is 0 Å². The van der Waals surface area contributed by atoms with Crippen LogP contribution in [0.2, 0.25) is 0 Å². The van der Waals surface area contributed by atoms with Gasteiger partial charge in [-0.1, -0.05) is 42.5 Å². The average Bonchev–Trinajstić information content (AvgIpc) is 2.69. The number of fused-ring (bicyclic) bond motifs is 5.